The van der Waals surface area contributed by atoms with Crippen molar-refractivity contribution in [3.8, 4) is 11.1 Å². The molecule has 34 heavy (non-hydrogen) atoms. The Morgan fingerprint density at radius 2 is 1.62 bits per heavy atom. The lowest BCUT2D eigenvalue weighted by atomic mass is 9.84. The number of nitrogens with one attached hydrogen (secondary N) is 1. The molecule has 5 rings (SSSR count). The Morgan fingerprint density at radius 1 is 0.941 bits per heavy atom. The molecule has 1 saturated carbocycles. The van der Waals surface area contributed by atoms with Gasteiger partial charge >= 0.3 is 12.1 Å². The Labute approximate surface area is 199 Å². The molecule has 0 bridgehead atoms. The number of rotatable bonds is 5. The third-order valence-electron chi connectivity index (χ3n) is 7.51. The van der Waals surface area contributed by atoms with E-state index in [-0.39, 0.29) is 30.4 Å². The van der Waals surface area contributed by atoms with Gasteiger partial charge in [-0.05, 0) is 54.4 Å². The molecule has 3 atom stereocenters. The van der Waals surface area contributed by atoms with Gasteiger partial charge in [0.2, 0.25) is 5.91 Å². The van der Waals surface area contributed by atoms with Crippen LogP contribution in [0.3, 0.4) is 0 Å². The van der Waals surface area contributed by atoms with Crippen LogP contribution in [0.4, 0.5) is 4.79 Å². The molecule has 2 aromatic carbocycles. The minimum atomic E-state index is -0.935. The van der Waals surface area contributed by atoms with Gasteiger partial charge in [-0.15, -0.1) is 0 Å². The molecular formula is C27H30N2O5. The molecule has 2 aromatic rings. The van der Waals surface area contributed by atoms with Crippen molar-refractivity contribution in [3.05, 3.63) is 59.7 Å². The Morgan fingerprint density at radius 3 is 2.29 bits per heavy atom. The molecular weight excluding hydrogens is 432 g/mol. The second kappa shape index (κ2) is 9.49. The van der Waals surface area contributed by atoms with Crippen LogP contribution in [0.1, 0.15) is 55.6 Å². The molecule has 178 valence electrons. The van der Waals surface area contributed by atoms with Crippen LogP contribution >= 0.6 is 0 Å². The summed E-state index contributed by atoms with van der Waals surface area (Å²) in [6.07, 6.45) is 3.61. The predicted molar refractivity (Wildman–Crippen MR) is 126 cm³/mol. The number of amides is 2. The molecule has 1 aliphatic heterocycles. The number of hydrogen-bond acceptors (Lipinski definition) is 4. The maximum absolute atomic E-state index is 13.0. The lowest BCUT2D eigenvalue weighted by molar-refractivity contribution is -0.150. The van der Waals surface area contributed by atoms with Crippen molar-refractivity contribution in [2.45, 2.75) is 56.5 Å². The first-order valence-corrected chi connectivity index (χ1v) is 12.2. The smallest absolute Gasteiger partial charge is 0.407 e. The number of fused-ring (bicyclic) bond motifs is 3. The van der Waals surface area contributed by atoms with E-state index in [2.05, 4.69) is 29.6 Å². The van der Waals surface area contributed by atoms with Gasteiger partial charge in [0.05, 0.1) is 0 Å². The van der Waals surface area contributed by atoms with Crippen molar-refractivity contribution in [3.63, 3.8) is 0 Å². The number of alkyl carbamates (subject to hydrolysis) is 1. The average molecular weight is 463 g/mol. The summed E-state index contributed by atoms with van der Waals surface area (Å²) in [5.74, 6) is -1.28. The zero-order chi connectivity index (χ0) is 23.7. The standard InChI is InChI=1S/C27H30N2O5/c30-25(29-14-6-13-24(29)26(31)32)17-7-5-8-18(15-17)28-27(33)34-16-23-21-11-3-1-9-19(21)20-10-2-4-12-22(20)23/h1-4,9-12,17-18,23-24H,5-8,13-16H2,(H,28,33)(H,31,32). The number of carbonyl (C=O) groups is 3. The van der Waals surface area contributed by atoms with Crippen LogP contribution in [0.2, 0.25) is 0 Å². The third-order valence-corrected chi connectivity index (χ3v) is 7.51. The molecule has 7 heteroatoms. The van der Waals surface area contributed by atoms with Crippen LogP contribution < -0.4 is 5.32 Å². The summed E-state index contributed by atoms with van der Waals surface area (Å²) in [4.78, 5) is 38.7. The highest BCUT2D eigenvalue weighted by atomic mass is 16.5. The molecule has 2 amide bonds. The summed E-state index contributed by atoms with van der Waals surface area (Å²) in [5.41, 5.74) is 4.70. The highest BCUT2D eigenvalue weighted by Gasteiger charge is 2.39. The Bertz CT molecular complexity index is 1050. The fourth-order valence-electron chi connectivity index (χ4n) is 5.87. The molecule has 0 spiro atoms. The lowest BCUT2D eigenvalue weighted by Gasteiger charge is -2.32. The van der Waals surface area contributed by atoms with Gasteiger partial charge in [0, 0.05) is 24.4 Å². The Balaban J connectivity index is 1.18. The maximum atomic E-state index is 13.0. The highest BCUT2D eigenvalue weighted by molar-refractivity contribution is 5.86. The number of aliphatic carboxylic acids is 1. The first kappa shape index (κ1) is 22.4. The van der Waals surface area contributed by atoms with Crippen LogP contribution in [-0.4, -0.2) is 53.2 Å². The van der Waals surface area contributed by atoms with E-state index in [0.29, 0.717) is 19.4 Å². The monoisotopic (exact) mass is 462 g/mol. The SMILES string of the molecule is O=C(NC1CCCC(C(=O)N2CCCC2C(=O)O)C1)OCC1c2ccccc2-c2ccccc21. The van der Waals surface area contributed by atoms with Crippen LogP contribution in [0.15, 0.2) is 48.5 Å². The molecule has 3 unspecified atom stereocenters. The minimum absolute atomic E-state index is 0.00181. The van der Waals surface area contributed by atoms with E-state index in [4.69, 9.17) is 4.74 Å². The summed E-state index contributed by atoms with van der Waals surface area (Å²) in [5, 5.41) is 12.4. The summed E-state index contributed by atoms with van der Waals surface area (Å²) >= 11 is 0. The number of likely N-dealkylation sites (tertiary alicyclic amines) is 1. The molecule has 1 heterocycles. The average Bonchev–Trinajstić information content (AvgIpc) is 3.46. The molecule has 0 radical (unpaired) electrons. The Kier molecular flexibility index (Phi) is 6.26. The van der Waals surface area contributed by atoms with Gasteiger partial charge < -0.3 is 20.1 Å². The van der Waals surface area contributed by atoms with E-state index in [1.165, 1.54) is 27.2 Å². The van der Waals surface area contributed by atoms with Crippen LogP contribution in [0.5, 0.6) is 0 Å². The van der Waals surface area contributed by atoms with Gasteiger partial charge in [0.25, 0.3) is 0 Å². The van der Waals surface area contributed by atoms with Gasteiger partial charge in [-0.3, -0.25) is 4.79 Å². The second-order valence-corrected chi connectivity index (χ2v) is 9.56. The molecule has 0 aromatic heterocycles. The van der Waals surface area contributed by atoms with Gasteiger partial charge in [0.1, 0.15) is 12.6 Å². The van der Waals surface area contributed by atoms with Crippen LogP contribution in [0, 0.1) is 5.92 Å². The van der Waals surface area contributed by atoms with E-state index < -0.39 is 18.1 Å². The number of carboxylic acids is 1. The molecule has 2 fully saturated rings. The van der Waals surface area contributed by atoms with Crippen molar-refractivity contribution in [2.24, 2.45) is 5.92 Å². The fourth-order valence-corrected chi connectivity index (χ4v) is 5.87. The Hall–Kier alpha value is -3.35. The zero-order valence-corrected chi connectivity index (χ0v) is 19.1. The van der Waals surface area contributed by atoms with Crippen LogP contribution in [-0.2, 0) is 14.3 Å². The van der Waals surface area contributed by atoms with Gasteiger partial charge in [-0.25, -0.2) is 9.59 Å². The van der Waals surface area contributed by atoms with Gasteiger partial charge in [0.15, 0.2) is 0 Å². The first-order chi connectivity index (χ1) is 16.5. The van der Waals surface area contributed by atoms with Crippen molar-refractivity contribution in [1.29, 1.82) is 0 Å². The number of nitrogens with zero attached hydrogens (tertiary/aromatic N) is 1. The third kappa shape index (κ3) is 4.27. The van der Waals surface area contributed by atoms with Gasteiger partial charge in [-0.2, -0.15) is 0 Å². The van der Waals surface area contributed by atoms with E-state index in [1.807, 2.05) is 24.3 Å². The lowest BCUT2D eigenvalue weighted by Crippen LogP contribution is -2.47. The fraction of sp³-hybridized carbons (Fsp3) is 0.444. The van der Waals surface area contributed by atoms with E-state index in [9.17, 15) is 19.5 Å². The maximum Gasteiger partial charge on any atom is 0.407 e. The molecule has 1 saturated heterocycles. The largest absolute Gasteiger partial charge is 0.480 e. The topological polar surface area (TPSA) is 95.9 Å². The molecule has 3 aliphatic rings. The van der Waals surface area contributed by atoms with Crippen LogP contribution in [0.25, 0.3) is 11.1 Å². The van der Waals surface area contributed by atoms with Gasteiger partial charge in [-0.1, -0.05) is 55.0 Å². The number of ether oxygens (including phenoxy) is 1. The quantitative estimate of drug-likeness (QED) is 0.696. The summed E-state index contributed by atoms with van der Waals surface area (Å²) < 4.78 is 5.66. The van der Waals surface area contributed by atoms with Crippen molar-refractivity contribution >= 4 is 18.0 Å². The summed E-state index contributed by atoms with van der Waals surface area (Å²) in [6.45, 7) is 0.750. The predicted octanol–water partition coefficient (Wildman–Crippen LogP) is 4.16. The second-order valence-electron chi connectivity index (χ2n) is 9.56. The molecule has 2 N–H and O–H groups in total. The first-order valence-electron chi connectivity index (χ1n) is 12.2. The number of carboxylic acid groups (broad SMARTS) is 1. The van der Waals surface area contributed by atoms with Crippen molar-refractivity contribution < 1.29 is 24.2 Å². The molecule has 7 nitrogen and oxygen atoms in total. The van der Waals surface area contributed by atoms with Crippen molar-refractivity contribution in [2.75, 3.05) is 13.2 Å². The summed E-state index contributed by atoms with van der Waals surface area (Å²) in [7, 11) is 0. The van der Waals surface area contributed by atoms with E-state index in [1.54, 1.807) is 0 Å². The van der Waals surface area contributed by atoms with Crippen molar-refractivity contribution in [1.82, 2.24) is 10.2 Å². The van der Waals surface area contributed by atoms with E-state index in [0.717, 1.165) is 25.7 Å². The molecule has 2 aliphatic carbocycles. The highest BCUT2D eigenvalue weighted by Crippen LogP contribution is 2.44. The number of hydrogen-bond donors (Lipinski definition) is 2. The summed E-state index contributed by atoms with van der Waals surface area (Å²) in [6, 6.07) is 15.6. The normalized spacial score (nSPS) is 23.8. The van der Waals surface area contributed by atoms with E-state index >= 15 is 0 Å². The number of carbonyl (C=O) groups excluding carboxylic acids is 2. The zero-order valence-electron chi connectivity index (χ0n) is 19.1. The number of benzene rings is 2. The minimum Gasteiger partial charge on any atom is -0.480 e.